The van der Waals surface area contributed by atoms with Gasteiger partial charge < -0.3 is 19.9 Å². The van der Waals surface area contributed by atoms with E-state index in [9.17, 15) is 4.79 Å². The molecule has 0 saturated heterocycles. The minimum absolute atomic E-state index is 0.0512. The van der Waals surface area contributed by atoms with Crippen LogP contribution in [0.1, 0.15) is 30.5 Å². The number of ether oxygens (including phenoxy) is 3. The Kier molecular flexibility index (Phi) is 8.38. The number of methoxy groups -OCH3 is 2. The first-order valence-corrected chi connectivity index (χ1v) is 10.8. The SMILES string of the molecule is COCCOc1nc(N)c2c(n1)N(Cc1ccc(CN(CCOC)C(C)C)cc1)C(=O)C2. The van der Waals surface area contributed by atoms with Crippen LogP contribution in [-0.4, -0.2) is 67.4 Å². The fraction of sp³-hybridized carbons (Fsp3) is 0.522. The molecule has 0 saturated carbocycles. The molecule has 2 aromatic rings. The largest absolute Gasteiger partial charge is 0.461 e. The first-order chi connectivity index (χ1) is 15.4. The number of nitrogens with two attached hydrogens (primary N) is 1. The molecule has 0 fully saturated rings. The Balaban J connectivity index is 1.70. The van der Waals surface area contributed by atoms with Gasteiger partial charge in [-0.15, -0.1) is 0 Å². The maximum Gasteiger partial charge on any atom is 0.320 e. The van der Waals surface area contributed by atoms with Crippen molar-refractivity contribution in [3.8, 4) is 6.01 Å². The molecule has 1 amide bonds. The van der Waals surface area contributed by atoms with Crippen molar-refractivity contribution < 1.29 is 19.0 Å². The highest BCUT2D eigenvalue weighted by Crippen LogP contribution is 2.33. The summed E-state index contributed by atoms with van der Waals surface area (Å²) in [6.07, 6.45) is 0.195. The van der Waals surface area contributed by atoms with Crippen molar-refractivity contribution in [1.82, 2.24) is 14.9 Å². The topological polar surface area (TPSA) is 103 Å². The summed E-state index contributed by atoms with van der Waals surface area (Å²) in [5.41, 5.74) is 8.95. The van der Waals surface area contributed by atoms with Crippen LogP contribution in [0, 0.1) is 0 Å². The van der Waals surface area contributed by atoms with Crippen molar-refractivity contribution in [2.45, 2.75) is 39.4 Å². The van der Waals surface area contributed by atoms with Gasteiger partial charge >= 0.3 is 6.01 Å². The molecule has 1 aliphatic rings. The van der Waals surface area contributed by atoms with Gasteiger partial charge in [-0.2, -0.15) is 9.97 Å². The van der Waals surface area contributed by atoms with Gasteiger partial charge in [0, 0.05) is 38.9 Å². The van der Waals surface area contributed by atoms with E-state index in [-0.39, 0.29) is 24.2 Å². The number of carbonyl (C=O) groups excluding carboxylic acids is 1. The van der Waals surface area contributed by atoms with Gasteiger partial charge in [0.25, 0.3) is 0 Å². The molecule has 0 bridgehead atoms. The molecule has 174 valence electrons. The van der Waals surface area contributed by atoms with Crippen molar-refractivity contribution in [2.75, 3.05) is 51.2 Å². The number of benzene rings is 1. The van der Waals surface area contributed by atoms with Crippen LogP contribution in [-0.2, 0) is 33.8 Å². The van der Waals surface area contributed by atoms with Crippen LogP contribution in [0.5, 0.6) is 6.01 Å². The Morgan fingerprint density at radius 3 is 2.41 bits per heavy atom. The normalized spacial score (nSPS) is 13.3. The van der Waals surface area contributed by atoms with Crippen LogP contribution < -0.4 is 15.4 Å². The van der Waals surface area contributed by atoms with E-state index in [2.05, 4.69) is 53.0 Å². The highest BCUT2D eigenvalue weighted by Gasteiger charge is 2.32. The van der Waals surface area contributed by atoms with E-state index >= 15 is 0 Å². The zero-order valence-corrected chi connectivity index (χ0v) is 19.3. The van der Waals surface area contributed by atoms with E-state index in [4.69, 9.17) is 19.9 Å². The third kappa shape index (κ3) is 5.93. The summed E-state index contributed by atoms with van der Waals surface area (Å²) in [6, 6.07) is 8.89. The van der Waals surface area contributed by atoms with E-state index in [1.165, 1.54) is 5.56 Å². The minimum Gasteiger partial charge on any atom is -0.461 e. The van der Waals surface area contributed by atoms with Crippen LogP contribution in [0.25, 0.3) is 0 Å². The number of carbonyl (C=O) groups is 1. The summed E-state index contributed by atoms with van der Waals surface area (Å²) in [5, 5.41) is 0. The predicted molar refractivity (Wildman–Crippen MR) is 123 cm³/mol. The predicted octanol–water partition coefficient (Wildman–Crippen LogP) is 2.03. The molecule has 0 unspecified atom stereocenters. The van der Waals surface area contributed by atoms with Crippen molar-refractivity contribution in [3.63, 3.8) is 0 Å². The average molecular weight is 444 g/mol. The molecule has 0 spiro atoms. The van der Waals surface area contributed by atoms with Gasteiger partial charge in [-0.25, -0.2) is 0 Å². The number of anilines is 2. The summed E-state index contributed by atoms with van der Waals surface area (Å²) in [6.45, 7) is 7.93. The number of hydrogen-bond donors (Lipinski definition) is 1. The third-order valence-electron chi connectivity index (χ3n) is 5.46. The molecule has 1 aromatic carbocycles. The fourth-order valence-electron chi connectivity index (χ4n) is 3.57. The minimum atomic E-state index is -0.0512. The highest BCUT2D eigenvalue weighted by molar-refractivity contribution is 6.01. The number of hydrogen-bond acceptors (Lipinski definition) is 8. The summed E-state index contributed by atoms with van der Waals surface area (Å²) >= 11 is 0. The maximum atomic E-state index is 12.7. The molecule has 32 heavy (non-hydrogen) atoms. The van der Waals surface area contributed by atoms with Crippen LogP contribution in [0.2, 0.25) is 0 Å². The average Bonchev–Trinajstić information content (AvgIpc) is 3.08. The van der Waals surface area contributed by atoms with E-state index < -0.39 is 0 Å². The first kappa shape index (κ1) is 23.9. The third-order valence-corrected chi connectivity index (χ3v) is 5.46. The first-order valence-electron chi connectivity index (χ1n) is 10.8. The standard InChI is InChI=1S/C23H33N5O4/c1-16(2)27(9-10-30-3)14-17-5-7-18(8-6-17)15-28-20(29)13-19-21(24)25-23(26-22(19)28)32-12-11-31-4/h5-8,16H,9-15H2,1-4H3,(H2,24,25,26). The number of rotatable bonds is 12. The van der Waals surface area contributed by atoms with Crippen molar-refractivity contribution >= 4 is 17.5 Å². The summed E-state index contributed by atoms with van der Waals surface area (Å²) < 4.78 is 15.7. The van der Waals surface area contributed by atoms with Crippen LogP contribution in [0.15, 0.2) is 24.3 Å². The molecule has 9 heteroatoms. The highest BCUT2D eigenvalue weighted by atomic mass is 16.5. The Morgan fingerprint density at radius 2 is 1.75 bits per heavy atom. The van der Waals surface area contributed by atoms with Gasteiger partial charge in [0.05, 0.1) is 26.2 Å². The molecule has 2 heterocycles. The van der Waals surface area contributed by atoms with Crippen molar-refractivity contribution in [3.05, 3.63) is 41.0 Å². The number of nitrogen functional groups attached to an aromatic ring is 1. The van der Waals surface area contributed by atoms with Gasteiger partial charge in [-0.1, -0.05) is 24.3 Å². The molecule has 0 aliphatic carbocycles. The lowest BCUT2D eigenvalue weighted by molar-refractivity contribution is -0.117. The number of amides is 1. The zero-order chi connectivity index (χ0) is 23.1. The van der Waals surface area contributed by atoms with E-state index in [1.807, 2.05) is 0 Å². The molecule has 9 nitrogen and oxygen atoms in total. The number of nitrogens with zero attached hydrogens (tertiary/aromatic N) is 4. The summed E-state index contributed by atoms with van der Waals surface area (Å²) in [5.74, 6) is 0.743. The summed E-state index contributed by atoms with van der Waals surface area (Å²) in [7, 11) is 3.31. The van der Waals surface area contributed by atoms with Gasteiger partial charge in [0.1, 0.15) is 18.2 Å². The van der Waals surface area contributed by atoms with Crippen molar-refractivity contribution in [1.29, 1.82) is 0 Å². The van der Waals surface area contributed by atoms with Crippen molar-refractivity contribution in [2.24, 2.45) is 0 Å². The Labute approximate surface area is 189 Å². The molecule has 0 atom stereocenters. The van der Waals surface area contributed by atoms with Gasteiger partial charge in [0.15, 0.2) is 0 Å². The van der Waals surface area contributed by atoms with Crippen LogP contribution in [0.3, 0.4) is 0 Å². The molecule has 1 aromatic heterocycles. The van der Waals surface area contributed by atoms with Gasteiger partial charge in [-0.3, -0.25) is 14.6 Å². The maximum absolute atomic E-state index is 12.7. The van der Waals surface area contributed by atoms with E-state index in [1.54, 1.807) is 19.1 Å². The quantitative estimate of drug-likeness (QED) is 0.497. The Hall–Kier alpha value is -2.75. The van der Waals surface area contributed by atoms with Crippen LogP contribution >= 0.6 is 0 Å². The van der Waals surface area contributed by atoms with Gasteiger partial charge in [-0.05, 0) is 25.0 Å². The van der Waals surface area contributed by atoms with E-state index in [0.717, 1.165) is 18.7 Å². The molecule has 0 radical (unpaired) electrons. The lowest BCUT2D eigenvalue weighted by Gasteiger charge is -2.26. The second-order valence-corrected chi connectivity index (χ2v) is 8.07. The fourth-order valence-corrected chi connectivity index (χ4v) is 3.57. The number of aromatic nitrogens is 2. The molecule has 1 aliphatic heterocycles. The zero-order valence-electron chi connectivity index (χ0n) is 19.3. The Bertz CT molecular complexity index is 904. The molecular weight excluding hydrogens is 410 g/mol. The molecule has 2 N–H and O–H groups in total. The second-order valence-electron chi connectivity index (χ2n) is 8.07. The van der Waals surface area contributed by atoms with Gasteiger partial charge in [0.2, 0.25) is 5.91 Å². The van der Waals surface area contributed by atoms with E-state index in [0.29, 0.717) is 43.8 Å². The lowest BCUT2D eigenvalue weighted by Crippen LogP contribution is -2.33. The Morgan fingerprint density at radius 1 is 1.06 bits per heavy atom. The molecule has 3 rings (SSSR count). The lowest BCUT2D eigenvalue weighted by atomic mass is 10.1. The monoisotopic (exact) mass is 443 g/mol. The molecular formula is C23H33N5O4. The smallest absolute Gasteiger partial charge is 0.320 e. The second kappa shape index (κ2) is 11.2. The number of fused-ring (bicyclic) bond motifs is 1. The van der Waals surface area contributed by atoms with Crippen LogP contribution in [0.4, 0.5) is 11.6 Å². The summed E-state index contributed by atoms with van der Waals surface area (Å²) in [4.78, 5) is 25.3.